The minimum Gasteiger partial charge on any atom is -0.314 e. The van der Waals surface area contributed by atoms with Crippen LogP contribution in [0, 0.1) is 0 Å². The lowest BCUT2D eigenvalue weighted by atomic mass is 9.90. The number of nitrogens with zero attached hydrogens (tertiary/aromatic N) is 2. The third-order valence-electron chi connectivity index (χ3n) is 4.79. The minimum atomic E-state index is 0.719. The molecule has 0 radical (unpaired) electrons. The smallest absolute Gasteiger partial charge is 0.0113 e. The fourth-order valence-corrected chi connectivity index (χ4v) is 3.55. The highest BCUT2D eigenvalue weighted by Crippen LogP contribution is 2.24. The third-order valence-corrected chi connectivity index (χ3v) is 4.79. The molecule has 0 bridgehead atoms. The van der Waals surface area contributed by atoms with Gasteiger partial charge in [-0.15, -0.1) is 0 Å². The molecule has 106 valence electrons. The molecule has 1 saturated carbocycles. The van der Waals surface area contributed by atoms with Gasteiger partial charge >= 0.3 is 0 Å². The van der Waals surface area contributed by atoms with Crippen LogP contribution in [0.5, 0.6) is 0 Å². The standard InChI is InChI=1S/C15H31N3/c1-4-16-14-5-7-15(8-6-14)18-11-9-17(10-12-18)13(2)3/h13-16H,4-12H2,1-3H3. The number of nitrogens with one attached hydrogen (secondary N) is 1. The van der Waals surface area contributed by atoms with Crippen LogP contribution >= 0.6 is 0 Å². The first-order valence-corrected chi connectivity index (χ1v) is 7.92. The zero-order chi connectivity index (χ0) is 13.0. The van der Waals surface area contributed by atoms with Crippen LogP contribution in [0.1, 0.15) is 46.5 Å². The number of hydrogen-bond donors (Lipinski definition) is 1. The molecule has 0 aromatic carbocycles. The molecule has 2 rings (SSSR count). The zero-order valence-corrected chi connectivity index (χ0v) is 12.5. The fraction of sp³-hybridized carbons (Fsp3) is 1.00. The van der Waals surface area contributed by atoms with E-state index < -0.39 is 0 Å². The Morgan fingerprint density at radius 1 is 1.00 bits per heavy atom. The summed E-state index contributed by atoms with van der Waals surface area (Å²) in [7, 11) is 0. The molecule has 1 saturated heterocycles. The van der Waals surface area contributed by atoms with Crippen molar-refractivity contribution in [3.05, 3.63) is 0 Å². The molecular formula is C15H31N3. The monoisotopic (exact) mass is 253 g/mol. The normalized spacial score (nSPS) is 32.0. The van der Waals surface area contributed by atoms with Crippen molar-refractivity contribution in [3.8, 4) is 0 Å². The lowest BCUT2D eigenvalue weighted by Crippen LogP contribution is -2.53. The van der Waals surface area contributed by atoms with Crippen LogP contribution in [0.2, 0.25) is 0 Å². The second-order valence-corrected chi connectivity index (χ2v) is 6.23. The van der Waals surface area contributed by atoms with Crippen LogP contribution in [-0.2, 0) is 0 Å². The summed E-state index contributed by atoms with van der Waals surface area (Å²) in [6.45, 7) is 13.1. The van der Waals surface area contributed by atoms with Crippen molar-refractivity contribution in [2.45, 2.75) is 64.6 Å². The second-order valence-electron chi connectivity index (χ2n) is 6.23. The average molecular weight is 253 g/mol. The molecule has 0 aromatic rings. The van der Waals surface area contributed by atoms with Gasteiger partial charge in [0.05, 0.1) is 0 Å². The van der Waals surface area contributed by atoms with E-state index in [4.69, 9.17) is 0 Å². The summed E-state index contributed by atoms with van der Waals surface area (Å²) < 4.78 is 0. The van der Waals surface area contributed by atoms with Crippen LogP contribution in [0.25, 0.3) is 0 Å². The summed E-state index contributed by atoms with van der Waals surface area (Å²) >= 11 is 0. The SMILES string of the molecule is CCNC1CCC(N2CCN(C(C)C)CC2)CC1. The van der Waals surface area contributed by atoms with Gasteiger partial charge in [-0.05, 0) is 46.1 Å². The quantitative estimate of drug-likeness (QED) is 0.826. The minimum absolute atomic E-state index is 0.719. The van der Waals surface area contributed by atoms with E-state index in [-0.39, 0.29) is 0 Å². The van der Waals surface area contributed by atoms with Crippen molar-refractivity contribution in [2.75, 3.05) is 32.7 Å². The third kappa shape index (κ3) is 3.69. The van der Waals surface area contributed by atoms with Gasteiger partial charge in [-0.25, -0.2) is 0 Å². The Labute approximate surface area is 113 Å². The summed E-state index contributed by atoms with van der Waals surface area (Å²) in [5.41, 5.74) is 0. The van der Waals surface area contributed by atoms with E-state index in [0.29, 0.717) is 0 Å². The number of hydrogen-bond acceptors (Lipinski definition) is 3. The fourth-order valence-electron chi connectivity index (χ4n) is 3.55. The first kappa shape index (κ1) is 14.3. The van der Waals surface area contributed by atoms with Crippen molar-refractivity contribution < 1.29 is 0 Å². The number of rotatable bonds is 4. The van der Waals surface area contributed by atoms with Gasteiger partial charge in [-0.1, -0.05) is 6.92 Å². The molecule has 2 aliphatic rings. The molecule has 2 fully saturated rings. The lowest BCUT2D eigenvalue weighted by molar-refractivity contribution is 0.0605. The van der Waals surface area contributed by atoms with Crippen molar-refractivity contribution in [2.24, 2.45) is 0 Å². The predicted molar refractivity (Wildman–Crippen MR) is 78.0 cm³/mol. The lowest BCUT2D eigenvalue weighted by Gasteiger charge is -2.43. The van der Waals surface area contributed by atoms with E-state index >= 15 is 0 Å². The second kappa shape index (κ2) is 6.88. The molecule has 3 heteroatoms. The molecule has 0 spiro atoms. The molecule has 18 heavy (non-hydrogen) atoms. The summed E-state index contributed by atoms with van der Waals surface area (Å²) in [5.74, 6) is 0. The highest BCUT2D eigenvalue weighted by molar-refractivity contribution is 4.85. The summed E-state index contributed by atoms with van der Waals surface area (Å²) in [4.78, 5) is 5.36. The van der Waals surface area contributed by atoms with E-state index in [0.717, 1.165) is 24.7 Å². The van der Waals surface area contributed by atoms with Gasteiger partial charge in [0.2, 0.25) is 0 Å². The molecule has 3 nitrogen and oxygen atoms in total. The van der Waals surface area contributed by atoms with E-state index in [2.05, 4.69) is 35.9 Å². The summed E-state index contributed by atoms with van der Waals surface area (Å²) in [6, 6.07) is 2.38. The summed E-state index contributed by atoms with van der Waals surface area (Å²) in [5, 5.41) is 3.60. The van der Waals surface area contributed by atoms with Crippen LogP contribution in [-0.4, -0.2) is 60.6 Å². The number of piperazine rings is 1. The van der Waals surface area contributed by atoms with Crippen molar-refractivity contribution >= 4 is 0 Å². The van der Waals surface area contributed by atoms with E-state index in [9.17, 15) is 0 Å². The van der Waals surface area contributed by atoms with Crippen LogP contribution in [0.4, 0.5) is 0 Å². The molecule has 1 heterocycles. The largest absolute Gasteiger partial charge is 0.314 e. The van der Waals surface area contributed by atoms with Crippen molar-refractivity contribution in [1.82, 2.24) is 15.1 Å². The van der Waals surface area contributed by atoms with Gasteiger partial charge in [0.25, 0.3) is 0 Å². The maximum Gasteiger partial charge on any atom is 0.0113 e. The Bertz CT molecular complexity index is 226. The van der Waals surface area contributed by atoms with Crippen LogP contribution in [0.15, 0.2) is 0 Å². The van der Waals surface area contributed by atoms with Gasteiger partial charge < -0.3 is 5.32 Å². The first-order valence-electron chi connectivity index (χ1n) is 7.92. The van der Waals surface area contributed by atoms with Crippen LogP contribution in [0.3, 0.4) is 0 Å². The summed E-state index contributed by atoms with van der Waals surface area (Å²) in [6.07, 6.45) is 5.56. The van der Waals surface area contributed by atoms with E-state index in [1.165, 1.54) is 51.9 Å². The predicted octanol–water partition coefficient (Wildman–Crippen LogP) is 1.93. The van der Waals surface area contributed by atoms with Gasteiger partial charge in [0.15, 0.2) is 0 Å². The Morgan fingerprint density at radius 2 is 1.61 bits per heavy atom. The highest BCUT2D eigenvalue weighted by Gasteiger charge is 2.28. The van der Waals surface area contributed by atoms with E-state index in [1.54, 1.807) is 0 Å². The topological polar surface area (TPSA) is 18.5 Å². The molecule has 0 atom stereocenters. The van der Waals surface area contributed by atoms with E-state index in [1.807, 2.05) is 0 Å². The van der Waals surface area contributed by atoms with Gasteiger partial charge in [0.1, 0.15) is 0 Å². The molecule has 1 N–H and O–H groups in total. The molecule has 0 aromatic heterocycles. The first-order chi connectivity index (χ1) is 8.70. The van der Waals surface area contributed by atoms with Crippen molar-refractivity contribution in [3.63, 3.8) is 0 Å². The Morgan fingerprint density at radius 3 is 2.11 bits per heavy atom. The van der Waals surface area contributed by atoms with Crippen molar-refractivity contribution in [1.29, 1.82) is 0 Å². The Hall–Kier alpha value is -0.120. The maximum atomic E-state index is 3.60. The maximum absolute atomic E-state index is 3.60. The molecular weight excluding hydrogens is 222 g/mol. The Balaban J connectivity index is 1.71. The van der Waals surface area contributed by atoms with Gasteiger partial charge in [-0.2, -0.15) is 0 Å². The molecule has 1 aliphatic carbocycles. The Kier molecular flexibility index (Phi) is 5.46. The molecule has 0 unspecified atom stereocenters. The zero-order valence-electron chi connectivity index (χ0n) is 12.5. The molecule has 0 amide bonds. The van der Waals surface area contributed by atoms with Crippen LogP contribution < -0.4 is 5.32 Å². The average Bonchev–Trinajstić information content (AvgIpc) is 2.40. The molecule has 1 aliphatic heterocycles. The highest BCUT2D eigenvalue weighted by atomic mass is 15.3. The van der Waals surface area contributed by atoms with Gasteiger partial charge in [-0.3, -0.25) is 9.80 Å². The van der Waals surface area contributed by atoms with Gasteiger partial charge in [0, 0.05) is 44.3 Å².